The number of fused-ring (bicyclic) bond motifs is 1. The summed E-state index contributed by atoms with van der Waals surface area (Å²) in [6.07, 6.45) is 2.84. The highest BCUT2D eigenvalue weighted by atomic mass is 16.4. The lowest BCUT2D eigenvalue weighted by molar-refractivity contribution is -0.121. The van der Waals surface area contributed by atoms with Crippen molar-refractivity contribution in [2.45, 2.75) is 32.8 Å². The van der Waals surface area contributed by atoms with E-state index in [-0.39, 0.29) is 18.9 Å². The van der Waals surface area contributed by atoms with E-state index in [1.165, 1.54) is 12.5 Å². The molecule has 1 amide bonds. The number of aliphatic hydroxyl groups excluding tert-OH is 1. The topological polar surface area (TPSA) is 116 Å². The van der Waals surface area contributed by atoms with Crippen LogP contribution in [-0.4, -0.2) is 32.2 Å². The van der Waals surface area contributed by atoms with Crippen LogP contribution in [0.15, 0.2) is 29.0 Å². The van der Waals surface area contributed by atoms with Crippen molar-refractivity contribution < 1.29 is 14.3 Å². The molecule has 26 heavy (non-hydrogen) atoms. The van der Waals surface area contributed by atoms with Crippen molar-refractivity contribution in [3.63, 3.8) is 0 Å². The van der Waals surface area contributed by atoms with Crippen LogP contribution in [-0.2, 0) is 11.2 Å². The molecule has 0 saturated heterocycles. The third-order valence-electron chi connectivity index (χ3n) is 4.30. The van der Waals surface area contributed by atoms with Crippen molar-refractivity contribution in [1.82, 2.24) is 19.9 Å². The second-order valence-corrected chi connectivity index (χ2v) is 6.00. The van der Waals surface area contributed by atoms with E-state index in [9.17, 15) is 9.90 Å². The Morgan fingerprint density at radius 2 is 2.31 bits per heavy atom. The smallest absolute Gasteiger partial charge is 0.220 e. The summed E-state index contributed by atoms with van der Waals surface area (Å²) in [7, 11) is 0. The minimum Gasteiger partial charge on any atom is -0.467 e. The molecule has 8 nitrogen and oxygen atoms in total. The summed E-state index contributed by atoms with van der Waals surface area (Å²) in [5, 5.41) is 25.9. The molecule has 0 aliphatic heterocycles. The first-order chi connectivity index (χ1) is 12.5. The van der Waals surface area contributed by atoms with Crippen molar-refractivity contribution >= 4 is 11.6 Å². The molecule has 0 aliphatic carbocycles. The molecular weight excluding hydrogens is 334 g/mol. The van der Waals surface area contributed by atoms with Gasteiger partial charge in [-0.25, -0.2) is 9.50 Å². The van der Waals surface area contributed by atoms with Crippen LogP contribution >= 0.6 is 0 Å². The number of hydrogen-bond donors (Lipinski definition) is 2. The fraction of sp³-hybridized carbons (Fsp3) is 0.333. The number of carbonyl (C=O) groups is 1. The number of aryl methyl sites for hydroxylation is 2. The van der Waals surface area contributed by atoms with Gasteiger partial charge < -0.3 is 14.8 Å². The van der Waals surface area contributed by atoms with E-state index in [2.05, 4.69) is 21.5 Å². The molecule has 2 N–H and O–H groups in total. The molecule has 3 aromatic rings. The number of furan rings is 1. The van der Waals surface area contributed by atoms with Gasteiger partial charge in [0.05, 0.1) is 19.0 Å². The summed E-state index contributed by atoms with van der Waals surface area (Å²) < 4.78 is 6.72. The second-order valence-electron chi connectivity index (χ2n) is 6.00. The molecule has 1 unspecified atom stereocenters. The van der Waals surface area contributed by atoms with Crippen LogP contribution in [0.1, 0.15) is 40.8 Å². The predicted octanol–water partition coefficient (Wildman–Crippen LogP) is 1.59. The summed E-state index contributed by atoms with van der Waals surface area (Å²) in [5.41, 5.74) is 3.50. The number of amides is 1. The quantitative estimate of drug-likeness (QED) is 0.695. The average molecular weight is 353 g/mol. The number of nitrogens with one attached hydrogen (secondary N) is 1. The van der Waals surface area contributed by atoms with Crippen LogP contribution in [0.5, 0.6) is 0 Å². The van der Waals surface area contributed by atoms with E-state index < -0.39 is 6.10 Å². The molecule has 8 heteroatoms. The second kappa shape index (κ2) is 7.37. The van der Waals surface area contributed by atoms with Crippen LogP contribution < -0.4 is 5.32 Å². The van der Waals surface area contributed by atoms with E-state index >= 15 is 0 Å². The summed E-state index contributed by atoms with van der Waals surface area (Å²) in [4.78, 5) is 16.5. The number of hydrogen-bond acceptors (Lipinski definition) is 6. The molecule has 0 aliphatic rings. The minimum absolute atomic E-state index is 0.0896. The SMILES string of the molecule is Cc1nc2c(C#N)cnn2c(C)c1CCC(=O)NCC(O)c1ccco1. The normalized spacial score (nSPS) is 12.1. The number of nitrogens with zero attached hydrogens (tertiary/aromatic N) is 4. The lowest BCUT2D eigenvalue weighted by atomic mass is 10.1. The maximum absolute atomic E-state index is 12.1. The molecule has 0 bridgehead atoms. The van der Waals surface area contributed by atoms with Crippen LogP contribution in [0.25, 0.3) is 5.65 Å². The van der Waals surface area contributed by atoms with Crippen LogP contribution in [0, 0.1) is 25.2 Å². The molecule has 0 saturated carbocycles. The van der Waals surface area contributed by atoms with E-state index in [1.807, 2.05) is 13.8 Å². The van der Waals surface area contributed by atoms with Crippen LogP contribution in [0.3, 0.4) is 0 Å². The van der Waals surface area contributed by atoms with Gasteiger partial charge in [-0.05, 0) is 38.0 Å². The monoisotopic (exact) mass is 353 g/mol. The Morgan fingerprint density at radius 1 is 1.50 bits per heavy atom. The highest BCUT2D eigenvalue weighted by Gasteiger charge is 2.16. The first-order valence-electron chi connectivity index (χ1n) is 8.23. The summed E-state index contributed by atoms with van der Waals surface area (Å²) in [5.74, 6) is 0.242. The Hall–Kier alpha value is -3.18. The van der Waals surface area contributed by atoms with Gasteiger partial charge in [0.1, 0.15) is 23.5 Å². The summed E-state index contributed by atoms with van der Waals surface area (Å²) in [6, 6.07) is 5.41. The van der Waals surface area contributed by atoms with Gasteiger partial charge in [-0.3, -0.25) is 4.79 Å². The van der Waals surface area contributed by atoms with Crippen molar-refractivity contribution in [2.75, 3.05) is 6.54 Å². The van der Waals surface area contributed by atoms with Crippen molar-refractivity contribution in [2.24, 2.45) is 0 Å². The molecule has 1 atom stereocenters. The average Bonchev–Trinajstić information content (AvgIpc) is 3.29. The Morgan fingerprint density at radius 3 is 3.00 bits per heavy atom. The van der Waals surface area contributed by atoms with Gasteiger partial charge in [0.2, 0.25) is 5.91 Å². The molecule has 0 fully saturated rings. The molecule has 134 valence electrons. The number of aliphatic hydroxyl groups is 1. The molecule has 3 heterocycles. The number of aromatic nitrogens is 3. The number of rotatable bonds is 6. The van der Waals surface area contributed by atoms with E-state index in [4.69, 9.17) is 9.68 Å². The third-order valence-corrected chi connectivity index (χ3v) is 4.30. The summed E-state index contributed by atoms with van der Waals surface area (Å²) in [6.45, 7) is 3.84. The predicted molar refractivity (Wildman–Crippen MR) is 92.2 cm³/mol. The first-order valence-corrected chi connectivity index (χ1v) is 8.23. The van der Waals surface area contributed by atoms with E-state index in [0.29, 0.717) is 23.4 Å². The fourth-order valence-electron chi connectivity index (χ4n) is 2.87. The van der Waals surface area contributed by atoms with Gasteiger partial charge in [-0.15, -0.1) is 0 Å². The van der Waals surface area contributed by atoms with Crippen molar-refractivity contribution in [1.29, 1.82) is 5.26 Å². The zero-order valence-corrected chi connectivity index (χ0v) is 14.6. The van der Waals surface area contributed by atoms with Crippen molar-refractivity contribution in [3.8, 4) is 6.07 Å². The number of nitriles is 1. The van der Waals surface area contributed by atoms with Crippen LogP contribution in [0.4, 0.5) is 0 Å². The van der Waals surface area contributed by atoms with Gasteiger partial charge in [-0.1, -0.05) is 0 Å². The fourth-order valence-corrected chi connectivity index (χ4v) is 2.87. The Balaban J connectivity index is 1.64. The Labute approximate surface area is 150 Å². The first kappa shape index (κ1) is 17.6. The summed E-state index contributed by atoms with van der Waals surface area (Å²) >= 11 is 0. The molecule has 0 aromatic carbocycles. The molecule has 0 spiro atoms. The molecule has 3 aromatic heterocycles. The number of carbonyl (C=O) groups excluding carboxylic acids is 1. The van der Waals surface area contributed by atoms with E-state index in [1.54, 1.807) is 16.6 Å². The highest BCUT2D eigenvalue weighted by Crippen LogP contribution is 2.18. The van der Waals surface area contributed by atoms with Crippen LogP contribution in [0.2, 0.25) is 0 Å². The lowest BCUT2D eigenvalue weighted by Gasteiger charge is -2.12. The maximum Gasteiger partial charge on any atom is 0.220 e. The van der Waals surface area contributed by atoms with Gasteiger partial charge in [-0.2, -0.15) is 10.4 Å². The lowest BCUT2D eigenvalue weighted by Crippen LogP contribution is -2.28. The molecule has 0 radical (unpaired) electrons. The minimum atomic E-state index is -0.871. The molecule has 3 rings (SSSR count). The zero-order chi connectivity index (χ0) is 18.7. The van der Waals surface area contributed by atoms with Gasteiger partial charge in [0.15, 0.2) is 5.65 Å². The Kier molecular flexibility index (Phi) is 5.00. The van der Waals surface area contributed by atoms with Crippen molar-refractivity contribution in [3.05, 3.63) is 52.9 Å². The van der Waals surface area contributed by atoms with Gasteiger partial charge >= 0.3 is 0 Å². The third kappa shape index (κ3) is 3.43. The zero-order valence-electron chi connectivity index (χ0n) is 14.6. The highest BCUT2D eigenvalue weighted by molar-refractivity contribution is 5.76. The largest absolute Gasteiger partial charge is 0.467 e. The maximum atomic E-state index is 12.1. The Bertz CT molecular complexity index is 969. The van der Waals surface area contributed by atoms with E-state index in [0.717, 1.165) is 17.0 Å². The van der Waals surface area contributed by atoms with Gasteiger partial charge in [0, 0.05) is 17.8 Å². The molecular formula is C18H19N5O3. The van der Waals surface area contributed by atoms with Gasteiger partial charge in [0.25, 0.3) is 0 Å². The standard InChI is InChI=1S/C18H19N5O3/c1-11-14(12(2)23-18(22-11)13(8-19)9-21-23)5-6-17(25)20-10-15(24)16-4-3-7-26-16/h3-4,7,9,15,24H,5-6,10H2,1-2H3,(H,20,25).